The molecule has 1 aliphatic heterocycles. The predicted octanol–water partition coefficient (Wildman–Crippen LogP) is 2.16. The minimum atomic E-state index is -0.953. The van der Waals surface area contributed by atoms with Crippen LogP contribution in [-0.4, -0.2) is 66.0 Å². The molecule has 2 heterocycles. The first-order valence-corrected chi connectivity index (χ1v) is 10.2. The normalized spacial score (nSPS) is 26.3. The van der Waals surface area contributed by atoms with E-state index in [-0.39, 0.29) is 6.61 Å². The molecule has 11 heteroatoms. The summed E-state index contributed by atoms with van der Waals surface area (Å²) in [5, 5.41) is 0. The molecule has 1 aromatic rings. The van der Waals surface area contributed by atoms with E-state index in [2.05, 4.69) is 32.6 Å². The average Bonchev–Trinajstić information content (AvgIpc) is 2.62. The largest absolute Gasteiger partial charge is 0.463 e. The van der Waals surface area contributed by atoms with Crippen LogP contribution in [-0.2, 0) is 33.3 Å². The number of nitrogens with zero attached hydrogens (tertiary/aromatic N) is 2. The van der Waals surface area contributed by atoms with Crippen molar-refractivity contribution < 1.29 is 33.3 Å². The van der Waals surface area contributed by atoms with Crippen LogP contribution in [0.25, 0.3) is 0 Å². The fourth-order valence-electron chi connectivity index (χ4n) is 2.78. The molecule has 1 saturated heterocycles. The highest BCUT2D eigenvalue weighted by Crippen LogP contribution is 2.37. The molecule has 2 rings (SSSR count). The zero-order valence-corrected chi connectivity index (χ0v) is 18.5. The third-order valence-corrected chi connectivity index (χ3v) is 5.36. The van der Waals surface area contributed by atoms with Crippen molar-refractivity contribution in [3.05, 3.63) is 22.9 Å². The van der Waals surface area contributed by atoms with E-state index < -0.39 is 47.7 Å². The number of hydrogen-bond donors (Lipinski definition) is 0. The first-order chi connectivity index (χ1) is 13.7. The van der Waals surface area contributed by atoms with E-state index >= 15 is 0 Å². The highest BCUT2D eigenvalue weighted by atomic mass is 79.9. The van der Waals surface area contributed by atoms with Gasteiger partial charge in [-0.3, -0.25) is 24.4 Å². The number of esters is 3. The molecular formula is C18H21BrN2O7S. The molecule has 29 heavy (non-hydrogen) atoms. The molecule has 0 amide bonds. The molecule has 0 saturated carbocycles. The number of ether oxygens (including phenoxy) is 4. The van der Waals surface area contributed by atoms with Crippen LogP contribution in [0, 0.1) is 0 Å². The molecule has 0 radical (unpaired) electrons. The average molecular weight is 489 g/mol. The fourth-order valence-corrected chi connectivity index (χ4v) is 4.43. The minimum absolute atomic E-state index is 0.167. The third-order valence-electron chi connectivity index (χ3n) is 3.81. The number of hydrogen-bond acceptors (Lipinski definition) is 10. The quantitative estimate of drug-likeness (QED) is 0.323. The van der Waals surface area contributed by atoms with Crippen LogP contribution < -0.4 is 0 Å². The van der Waals surface area contributed by atoms with Gasteiger partial charge in [-0.2, -0.15) is 0 Å². The molecular weight excluding hydrogens is 468 g/mol. The van der Waals surface area contributed by atoms with Gasteiger partial charge in [0.2, 0.25) is 0 Å². The van der Waals surface area contributed by atoms with E-state index in [4.69, 9.17) is 18.9 Å². The summed E-state index contributed by atoms with van der Waals surface area (Å²) in [6.45, 7) is 7.14. The monoisotopic (exact) mass is 488 g/mol. The van der Waals surface area contributed by atoms with Gasteiger partial charge in [-0.1, -0.05) is 11.8 Å². The van der Waals surface area contributed by atoms with Crippen LogP contribution in [0.1, 0.15) is 20.8 Å². The first-order valence-electron chi connectivity index (χ1n) is 8.57. The van der Waals surface area contributed by atoms with E-state index in [1.807, 2.05) is 6.07 Å². The molecule has 3 unspecified atom stereocenters. The molecule has 0 spiro atoms. The smallest absolute Gasteiger partial charge is 0.303 e. The number of thioether (sulfide) groups is 1. The number of carbonyl (C=O) groups excluding carboxylic acids is 3. The lowest BCUT2D eigenvalue weighted by molar-refractivity contribution is -0.200. The summed E-state index contributed by atoms with van der Waals surface area (Å²) in [6, 6.07) is 0.997. The standard InChI is InChI=1S/C18H21BrN2O7S/c1-9(22)25-8-14-16(26-10(2)23)15(20-4)17(27-11(3)24)18(28-14)29-13-5-12(19)6-21-7-13/h5-7,14-18H,4,8H2,1-3H3/t14?,15?,16-,17?,18+/m0/s1. The van der Waals surface area contributed by atoms with Crippen molar-refractivity contribution in [3.8, 4) is 0 Å². The second-order valence-electron chi connectivity index (χ2n) is 6.12. The Hall–Kier alpha value is -1.98. The maximum atomic E-state index is 11.7. The van der Waals surface area contributed by atoms with Gasteiger partial charge in [-0.15, -0.1) is 0 Å². The minimum Gasteiger partial charge on any atom is -0.463 e. The van der Waals surface area contributed by atoms with Crippen LogP contribution >= 0.6 is 27.7 Å². The van der Waals surface area contributed by atoms with Gasteiger partial charge in [0.25, 0.3) is 0 Å². The number of aromatic nitrogens is 1. The van der Waals surface area contributed by atoms with Crippen molar-refractivity contribution in [1.29, 1.82) is 0 Å². The van der Waals surface area contributed by atoms with Crippen LogP contribution in [0.2, 0.25) is 0 Å². The highest BCUT2D eigenvalue weighted by Gasteiger charge is 2.50. The van der Waals surface area contributed by atoms with Crippen molar-refractivity contribution in [2.24, 2.45) is 4.99 Å². The van der Waals surface area contributed by atoms with Gasteiger partial charge < -0.3 is 18.9 Å². The summed E-state index contributed by atoms with van der Waals surface area (Å²) >= 11 is 4.60. The van der Waals surface area contributed by atoms with Crippen LogP contribution in [0.3, 0.4) is 0 Å². The van der Waals surface area contributed by atoms with Gasteiger partial charge >= 0.3 is 17.9 Å². The van der Waals surface area contributed by atoms with Crippen LogP contribution in [0.4, 0.5) is 0 Å². The Morgan fingerprint density at radius 2 is 1.83 bits per heavy atom. The predicted molar refractivity (Wildman–Crippen MR) is 108 cm³/mol. The Morgan fingerprint density at radius 1 is 1.17 bits per heavy atom. The van der Waals surface area contributed by atoms with Crippen molar-refractivity contribution in [2.75, 3.05) is 6.61 Å². The van der Waals surface area contributed by atoms with Crippen LogP contribution in [0.5, 0.6) is 0 Å². The molecule has 158 valence electrons. The highest BCUT2D eigenvalue weighted by molar-refractivity contribution is 9.10. The number of pyridine rings is 1. The Bertz CT molecular complexity index is 778. The maximum Gasteiger partial charge on any atom is 0.303 e. The summed E-state index contributed by atoms with van der Waals surface area (Å²) in [6.07, 6.45) is 0.573. The lowest BCUT2D eigenvalue weighted by Crippen LogP contribution is -2.59. The maximum absolute atomic E-state index is 11.7. The van der Waals surface area contributed by atoms with Gasteiger partial charge in [-0.05, 0) is 28.7 Å². The third kappa shape index (κ3) is 6.79. The number of halogens is 1. The zero-order chi connectivity index (χ0) is 21.6. The summed E-state index contributed by atoms with van der Waals surface area (Å²) < 4.78 is 22.7. The van der Waals surface area contributed by atoms with Gasteiger partial charge in [0, 0.05) is 42.5 Å². The van der Waals surface area contributed by atoms with Crippen molar-refractivity contribution in [2.45, 2.75) is 55.5 Å². The van der Waals surface area contributed by atoms with Crippen molar-refractivity contribution >= 4 is 52.3 Å². The SMILES string of the molecule is C=NC1C(OC(C)=O)[C@@H](Sc2cncc(Br)c2)OC(COC(C)=O)[C@@H]1OC(C)=O. The fraction of sp³-hybridized carbons (Fsp3) is 0.500. The van der Waals surface area contributed by atoms with E-state index in [0.29, 0.717) is 0 Å². The van der Waals surface area contributed by atoms with Crippen LogP contribution in [0.15, 0.2) is 32.8 Å². The molecule has 5 atom stereocenters. The molecule has 0 bridgehead atoms. The van der Waals surface area contributed by atoms with Crippen molar-refractivity contribution in [3.63, 3.8) is 0 Å². The van der Waals surface area contributed by atoms with Gasteiger partial charge in [0.1, 0.15) is 24.2 Å². The van der Waals surface area contributed by atoms with E-state index in [1.54, 1.807) is 12.4 Å². The molecule has 0 N–H and O–H groups in total. The summed E-state index contributed by atoms with van der Waals surface area (Å²) in [5.74, 6) is -1.64. The van der Waals surface area contributed by atoms with E-state index in [0.717, 1.165) is 9.37 Å². The molecule has 1 fully saturated rings. The van der Waals surface area contributed by atoms with Crippen molar-refractivity contribution in [1.82, 2.24) is 4.98 Å². The lowest BCUT2D eigenvalue weighted by atomic mass is 9.97. The second-order valence-corrected chi connectivity index (χ2v) is 8.21. The topological polar surface area (TPSA) is 113 Å². The molecule has 9 nitrogen and oxygen atoms in total. The number of carbonyl (C=O) groups is 3. The Kier molecular flexibility index (Phi) is 8.60. The Balaban J connectivity index is 2.37. The Labute approximate surface area is 180 Å². The van der Waals surface area contributed by atoms with Gasteiger partial charge in [0.15, 0.2) is 12.2 Å². The number of aliphatic imine (C=N–C) groups is 1. The molecule has 0 aromatic carbocycles. The first kappa shape index (κ1) is 23.3. The molecule has 1 aliphatic rings. The van der Waals surface area contributed by atoms with Gasteiger partial charge in [0.05, 0.1) is 0 Å². The zero-order valence-electron chi connectivity index (χ0n) is 16.1. The summed E-state index contributed by atoms with van der Waals surface area (Å²) in [4.78, 5) is 43.5. The summed E-state index contributed by atoms with van der Waals surface area (Å²) in [7, 11) is 0. The second kappa shape index (κ2) is 10.7. The summed E-state index contributed by atoms with van der Waals surface area (Å²) in [5.41, 5.74) is -0.738. The molecule has 1 aromatic heterocycles. The lowest BCUT2D eigenvalue weighted by Gasteiger charge is -2.43. The van der Waals surface area contributed by atoms with E-state index in [9.17, 15) is 14.4 Å². The number of rotatable bonds is 7. The Morgan fingerprint density at radius 3 is 2.38 bits per heavy atom. The van der Waals surface area contributed by atoms with E-state index in [1.165, 1.54) is 32.5 Å². The van der Waals surface area contributed by atoms with Gasteiger partial charge in [-0.25, -0.2) is 0 Å². The molecule has 0 aliphatic carbocycles.